The molecular formula is C15H32N2O2Si. The van der Waals surface area contributed by atoms with E-state index in [0.717, 1.165) is 25.8 Å². The van der Waals surface area contributed by atoms with E-state index in [1.807, 2.05) is 0 Å². The fraction of sp³-hybridized carbons (Fsp3) is 1.00. The van der Waals surface area contributed by atoms with Crippen molar-refractivity contribution in [3.8, 4) is 0 Å². The minimum Gasteiger partial charge on any atom is -0.383 e. The van der Waals surface area contributed by atoms with E-state index in [4.69, 9.17) is 8.85 Å². The van der Waals surface area contributed by atoms with E-state index in [1.165, 1.54) is 45.2 Å². The average molecular weight is 301 g/mol. The van der Waals surface area contributed by atoms with E-state index in [0.29, 0.717) is 6.17 Å². The molecule has 0 aromatic heterocycles. The second kappa shape index (κ2) is 7.89. The lowest BCUT2D eigenvalue weighted by Gasteiger charge is -2.49. The quantitative estimate of drug-likeness (QED) is 0.704. The molecule has 0 bridgehead atoms. The minimum absolute atomic E-state index is 0.473. The second-order valence-electron chi connectivity index (χ2n) is 5.96. The summed E-state index contributed by atoms with van der Waals surface area (Å²) < 4.78 is 15.1. The summed E-state index contributed by atoms with van der Waals surface area (Å²) in [5.74, 6) is 0. The Bertz CT molecular complexity index is 274. The van der Waals surface area contributed by atoms with Crippen LogP contribution in [0.4, 0.5) is 0 Å². The van der Waals surface area contributed by atoms with Gasteiger partial charge in [0.25, 0.3) is 0 Å². The Labute approximate surface area is 125 Å². The van der Waals surface area contributed by atoms with Crippen molar-refractivity contribution in [1.82, 2.24) is 9.47 Å². The summed E-state index contributed by atoms with van der Waals surface area (Å²) in [7, 11) is -2.17. The van der Waals surface area contributed by atoms with Crippen LogP contribution in [0.25, 0.3) is 0 Å². The summed E-state index contributed by atoms with van der Waals surface area (Å²) in [5, 5.41) is 0. The van der Waals surface area contributed by atoms with E-state index >= 15 is 0 Å². The predicted molar refractivity (Wildman–Crippen MR) is 84.6 cm³/mol. The Morgan fingerprint density at radius 2 is 1.50 bits per heavy atom. The highest BCUT2D eigenvalue weighted by atomic mass is 28.4. The van der Waals surface area contributed by atoms with Crippen molar-refractivity contribution in [1.29, 1.82) is 0 Å². The molecule has 2 aliphatic rings. The van der Waals surface area contributed by atoms with Crippen LogP contribution >= 0.6 is 0 Å². The van der Waals surface area contributed by atoms with Gasteiger partial charge in [-0.25, -0.2) is 0 Å². The summed E-state index contributed by atoms with van der Waals surface area (Å²) in [6, 6.07) is 1.13. The molecule has 0 aromatic rings. The van der Waals surface area contributed by atoms with E-state index in [2.05, 4.69) is 30.2 Å². The second-order valence-corrected chi connectivity index (χ2v) is 9.03. The van der Waals surface area contributed by atoms with Crippen molar-refractivity contribution in [3.63, 3.8) is 0 Å². The SMILES string of the molecule is CCO[Si]1(OCC)CCCCN1C(C)N1CCCCC1. The van der Waals surface area contributed by atoms with Crippen molar-refractivity contribution in [2.24, 2.45) is 0 Å². The molecule has 2 saturated heterocycles. The maximum atomic E-state index is 6.25. The summed E-state index contributed by atoms with van der Waals surface area (Å²) in [5.41, 5.74) is 0. The Kier molecular flexibility index (Phi) is 6.48. The highest BCUT2D eigenvalue weighted by Gasteiger charge is 2.49. The van der Waals surface area contributed by atoms with Crippen LogP contribution in [0.1, 0.15) is 52.9 Å². The van der Waals surface area contributed by atoms with Crippen LogP contribution in [0.5, 0.6) is 0 Å². The third kappa shape index (κ3) is 3.63. The van der Waals surface area contributed by atoms with Gasteiger partial charge in [-0.15, -0.1) is 0 Å². The molecule has 1 unspecified atom stereocenters. The summed E-state index contributed by atoms with van der Waals surface area (Å²) >= 11 is 0. The summed E-state index contributed by atoms with van der Waals surface area (Å²) in [6.45, 7) is 11.7. The zero-order chi connectivity index (χ0) is 14.4. The molecule has 0 aliphatic carbocycles. The zero-order valence-electron chi connectivity index (χ0n) is 13.6. The van der Waals surface area contributed by atoms with Crippen molar-refractivity contribution >= 4 is 8.72 Å². The van der Waals surface area contributed by atoms with Gasteiger partial charge >= 0.3 is 8.72 Å². The lowest BCUT2D eigenvalue weighted by Crippen LogP contribution is -2.67. The molecule has 0 aromatic carbocycles. The average Bonchev–Trinajstić information content (AvgIpc) is 2.48. The number of rotatable bonds is 6. The molecule has 0 amide bonds. The number of likely N-dealkylation sites (tertiary alicyclic amines) is 1. The molecule has 0 spiro atoms. The molecular weight excluding hydrogens is 268 g/mol. The molecule has 0 saturated carbocycles. The van der Waals surface area contributed by atoms with Gasteiger partial charge in [0, 0.05) is 19.3 Å². The molecule has 2 rings (SSSR count). The third-order valence-electron chi connectivity index (χ3n) is 4.69. The van der Waals surface area contributed by atoms with Crippen molar-refractivity contribution in [2.75, 3.05) is 32.8 Å². The van der Waals surface area contributed by atoms with Gasteiger partial charge in [0.2, 0.25) is 0 Å². The van der Waals surface area contributed by atoms with E-state index in [9.17, 15) is 0 Å². The van der Waals surface area contributed by atoms with Crippen molar-refractivity contribution in [2.45, 2.75) is 65.1 Å². The van der Waals surface area contributed by atoms with Crippen molar-refractivity contribution in [3.05, 3.63) is 0 Å². The lowest BCUT2D eigenvalue weighted by atomic mass is 10.1. The molecule has 118 valence electrons. The number of nitrogens with zero attached hydrogens (tertiary/aromatic N) is 2. The lowest BCUT2D eigenvalue weighted by molar-refractivity contribution is 0.0240. The van der Waals surface area contributed by atoms with Crippen LogP contribution in [0, 0.1) is 0 Å². The molecule has 2 heterocycles. The fourth-order valence-electron chi connectivity index (χ4n) is 3.71. The molecule has 0 N–H and O–H groups in total. The Morgan fingerprint density at radius 3 is 2.10 bits per heavy atom. The maximum absolute atomic E-state index is 6.25. The van der Waals surface area contributed by atoms with E-state index in [1.54, 1.807) is 0 Å². The highest BCUT2D eigenvalue weighted by molar-refractivity contribution is 6.64. The van der Waals surface area contributed by atoms with Gasteiger partial charge in [0.05, 0.1) is 6.17 Å². The Hall–Kier alpha value is 0.0569. The molecule has 0 radical (unpaired) electrons. The van der Waals surface area contributed by atoms with Crippen LogP contribution < -0.4 is 0 Å². The van der Waals surface area contributed by atoms with Gasteiger partial charge < -0.3 is 8.85 Å². The van der Waals surface area contributed by atoms with Gasteiger partial charge in [-0.3, -0.25) is 9.47 Å². The van der Waals surface area contributed by atoms with Crippen LogP contribution in [0.3, 0.4) is 0 Å². The van der Waals surface area contributed by atoms with Crippen LogP contribution in [0.15, 0.2) is 0 Å². The van der Waals surface area contributed by atoms with E-state index in [-0.39, 0.29) is 0 Å². The highest BCUT2D eigenvalue weighted by Crippen LogP contribution is 2.31. The first kappa shape index (κ1) is 16.4. The van der Waals surface area contributed by atoms with Gasteiger partial charge in [-0.1, -0.05) is 6.42 Å². The van der Waals surface area contributed by atoms with Gasteiger partial charge in [0.15, 0.2) is 0 Å². The zero-order valence-corrected chi connectivity index (χ0v) is 14.6. The standard InChI is InChI=1S/C15H32N2O2Si/c1-4-18-20(19-5-2)14-10-9-13-17(20)15(3)16-11-7-6-8-12-16/h15H,4-14H2,1-3H3. The number of piperidine rings is 1. The first-order valence-electron chi connectivity index (χ1n) is 8.52. The first-order valence-corrected chi connectivity index (χ1v) is 10.5. The van der Waals surface area contributed by atoms with E-state index < -0.39 is 8.72 Å². The summed E-state index contributed by atoms with van der Waals surface area (Å²) in [6.07, 6.45) is 7.09. The van der Waals surface area contributed by atoms with Gasteiger partial charge in [-0.05, 0) is 66.1 Å². The normalized spacial score (nSPS) is 26.6. The van der Waals surface area contributed by atoms with Crippen molar-refractivity contribution < 1.29 is 8.85 Å². The molecule has 5 heteroatoms. The molecule has 20 heavy (non-hydrogen) atoms. The third-order valence-corrected chi connectivity index (χ3v) is 8.63. The number of hydrogen-bond acceptors (Lipinski definition) is 4. The predicted octanol–water partition coefficient (Wildman–Crippen LogP) is 2.93. The monoisotopic (exact) mass is 300 g/mol. The van der Waals surface area contributed by atoms with Crippen LogP contribution in [-0.2, 0) is 8.85 Å². The Balaban J connectivity index is 2.10. The Morgan fingerprint density at radius 1 is 0.900 bits per heavy atom. The van der Waals surface area contributed by atoms with Crippen LogP contribution in [0.2, 0.25) is 6.04 Å². The molecule has 4 nitrogen and oxygen atoms in total. The minimum atomic E-state index is -2.17. The van der Waals surface area contributed by atoms with Crippen LogP contribution in [-0.4, -0.2) is 57.2 Å². The smallest absolute Gasteiger partial charge is 0.383 e. The largest absolute Gasteiger partial charge is 0.429 e. The van der Waals surface area contributed by atoms with Gasteiger partial charge in [-0.2, -0.15) is 0 Å². The topological polar surface area (TPSA) is 24.9 Å². The van der Waals surface area contributed by atoms with Gasteiger partial charge in [0.1, 0.15) is 0 Å². The molecule has 2 aliphatic heterocycles. The fourth-order valence-corrected chi connectivity index (χ4v) is 7.53. The summed E-state index contributed by atoms with van der Waals surface area (Å²) in [4.78, 5) is 2.63. The molecule has 1 atom stereocenters. The molecule has 2 fully saturated rings. The number of hydrogen-bond donors (Lipinski definition) is 0. The maximum Gasteiger partial charge on any atom is 0.429 e. The first-order chi connectivity index (χ1) is 9.73.